The van der Waals surface area contributed by atoms with Crippen molar-refractivity contribution < 1.29 is 0 Å². The minimum Gasteiger partial charge on any atom is -0.0619 e. The van der Waals surface area contributed by atoms with E-state index in [9.17, 15) is 0 Å². The zero-order valence-electron chi connectivity index (χ0n) is 34.7. The second-order valence-electron chi connectivity index (χ2n) is 18.8. The standard InChI is InChI=1S/C59H46/c1-57(2)51-23-11-8-16-41(51)48-31-35(26-29-53(48)57)38-18-13-20-44-46(38)34-47-39(36-27-30-54-49(32-36)42-17-9-12-24-52(42)58(54,3)4)19-14-21-45(47)56(44)37-25-28-43-40-15-7-10-22-50(40)59(5,6)55(43)33-37/h7-34H,1-6H3. The van der Waals surface area contributed by atoms with Crippen LogP contribution in [0.4, 0.5) is 0 Å². The van der Waals surface area contributed by atoms with E-state index >= 15 is 0 Å². The van der Waals surface area contributed by atoms with Gasteiger partial charge < -0.3 is 0 Å². The summed E-state index contributed by atoms with van der Waals surface area (Å²) in [6, 6.07) is 65.1. The highest BCUT2D eigenvalue weighted by Crippen LogP contribution is 2.54. The smallest absolute Gasteiger partial charge is 0.0159 e. The highest BCUT2D eigenvalue weighted by atomic mass is 14.4. The van der Waals surface area contributed by atoms with Gasteiger partial charge in [-0.1, -0.05) is 187 Å². The third-order valence-electron chi connectivity index (χ3n) is 14.7. The maximum atomic E-state index is 2.51. The monoisotopic (exact) mass is 754 g/mol. The summed E-state index contributed by atoms with van der Waals surface area (Å²) >= 11 is 0. The number of hydrogen-bond acceptors (Lipinski definition) is 0. The van der Waals surface area contributed by atoms with Gasteiger partial charge in [-0.15, -0.1) is 0 Å². The maximum Gasteiger partial charge on any atom is 0.0159 e. The molecule has 0 N–H and O–H groups in total. The Morgan fingerprint density at radius 3 is 1.10 bits per heavy atom. The zero-order valence-corrected chi connectivity index (χ0v) is 34.7. The van der Waals surface area contributed by atoms with Crippen molar-refractivity contribution in [1.29, 1.82) is 0 Å². The van der Waals surface area contributed by atoms with Crippen molar-refractivity contribution in [2.24, 2.45) is 0 Å². The number of fused-ring (bicyclic) bond motifs is 11. The molecule has 0 radical (unpaired) electrons. The second-order valence-corrected chi connectivity index (χ2v) is 18.8. The molecule has 282 valence electrons. The van der Waals surface area contributed by atoms with Crippen LogP contribution < -0.4 is 0 Å². The van der Waals surface area contributed by atoms with Gasteiger partial charge in [-0.3, -0.25) is 0 Å². The molecule has 0 fully saturated rings. The van der Waals surface area contributed by atoms with Crippen LogP contribution in [0.15, 0.2) is 170 Å². The van der Waals surface area contributed by atoms with Crippen LogP contribution in [0.5, 0.6) is 0 Å². The number of benzene rings is 9. The van der Waals surface area contributed by atoms with E-state index in [0.29, 0.717) is 0 Å². The minimum absolute atomic E-state index is 0.0337. The van der Waals surface area contributed by atoms with Crippen LogP contribution in [0.25, 0.3) is 88.3 Å². The van der Waals surface area contributed by atoms with Crippen LogP contribution in [0.3, 0.4) is 0 Å². The Labute approximate surface area is 347 Å². The SMILES string of the molecule is CC1(C)c2ccccc2-c2cc(-c3cccc4c(-c5ccc6c(c5)C(C)(C)c5ccccc5-6)c5cccc(-c6ccc7c(c6)-c6ccccc6C7(C)C)c5cc34)ccc21. The van der Waals surface area contributed by atoms with Gasteiger partial charge in [-0.05, 0) is 146 Å². The van der Waals surface area contributed by atoms with Crippen LogP contribution >= 0.6 is 0 Å². The average Bonchev–Trinajstić information content (AvgIpc) is 3.74. The molecule has 3 aliphatic carbocycles. The summed E-state index contributed by atoms with van der Waals surface area (Å²) in [5.41, 5.74) is 24.0. The lowest BCUT2D eigenvalue weighted by Gasteiger charge is -2.23. The molecule has 0 aliphatic heterocycles. The molecule has 0 spiro atoms. The predicted octanol–water partition coefficient (Wildman–Crippen LogP) is 15.9. The molecule has 0 saturated heterocycles. The van der Waals surface area contributed by atoms with Gasteiger partial charge in [0.05, 0.1) is 0 Å². The van der Waals surface area contributed by atoms with Crippen molar-refractivity contribution in [1.82, 2.24) is 0 Å². The van der Waals surface area contributed by atoms with Crippen LogP contribution in [-0.4, -0.2) is 0 Å². The van der Waals surface area contributed by atoms with Gasteiger partial charge in [-0.2, -0.15) is 0 Å². The Kier molecular flexibility index (Phi) is 6.91. The van der Waals surface area contributed by atoms with Crippen molar-refractivity contribution in [3.8, 4) is 66.8 Å². The second kappa shape index (κ2) is 11.8. The van der Waals surface area contributed by atoms with Crippen LogP contribution in [-0.2, 0) is 16.2 Å². The van der Waals surface area contributed by atoms with Gasteiger partial charge >= 0.3 is 0 Å². The summed E-state index contributed by atoms with van der Waals surface area (Å²) in [5, 5.41) is 5.13. The summed E-state index contributed by atoms with van der Waals surface area (Å²) in [6.45, 7) is 14.2. The third kappa shape index (κ3) is 4.61. The lowest BCUT2D eigenvalue weighted by molar-refractivity contribution is 0.660. The van der Waals surface area contributed by atoms with Crippen LogP contribution in [0, 0.1) is 0 Å². The highest BCUT2D eigenvalue weighted by molar-refractivity contribution is 6.19. The fourth-order valence-corrected chi connectivity index (χ4v) is 11.6. The molecule has 0 nitrogen and oxygen atoms in total. The molecule has 9 aromatic rings. The van der Waals surface area contributed by atoms with E-state index in [1.807, 2.05) is 0 Å². The lowest BCUT2D eigenvalue weighted by Crippen LogP contribution is -2.14. The van der Waals surface area contributed by atoms with Crippen molar-refractivity contribution in [3.63, 3.8) is 0 Å². The minimum atomic E-state index is -0.0956. The molecule has 0 unspecified atom stereocenters. The highest BCUT2D eigenvalue weighted by Gasteiger charge is 2.38. The lowest BCUT2D eigenvalue weighted by atomic mass is 9.80. The molecule has 0 atom stereocenters. The first-order chi connectivity index (χ1) is 28.5. The van der Waals surface area contributed by atoms with Gasteiger partial charge in [0, 0.05) is 16.2 Å². The van der Waals surface area contributed by atoms with Gasteiger partial charge in [-0.25, -0.2) is 0 Å². The summed E-state index contributed by atoms with van der Waals surface area (Å²) in [4.78, 5) is 0. The Balaban J connectivity index is 1.14. The van der Waals surface area contributed by atoms with E-state index in [1.54, 1.807) is 0 Å². The fraction of sp³-hybridized carbons (Fsp3) is 0.153. The summed E-state index contributed by atoms with van der Waals surface area (Å²) in [5.74, 6) is 0. The van der Waals surface area contributed by atoms with E-state index in [1.165, 1.54) is 122 Å². The molecule has 0 heteroatoms. The predicted molar refractivity (Wildman–Crippen MR) is 250 cm³/mol. The number of rotatable bonds is 3. The maximum absolute atomic E-state index is 2.51. The summed E-state index contributed by atoms with van der Waals surface area (Å²) in [7, 11) is 0. The zero-order chi connectivity index (χ0) is 40.0. The normalized spacial score (nSPS) is 15.7. The molecular formula is C59H46. The Bertz CT molecular complexity index is 3130. The van der Waals surface area contributed by atoms with Crippen LogP contribution in [0.2, 0.25) is 0 Å². The molecule has 0 bridgehead atoms. The van der Waals surface area contributed by atoms with Gasteiger partial charge in [0.1, 0.15) is 0 Å². The summed E-state index contributed by atoms with van der Waals surface area (Å²) in [6.07, 6.45) is 0. The number of hydrogen-bond donors (Lipinski definition) is 0. The molecule has 9 aromatic carbocycles. The average molecular weight is 755 g/mol. The van der Waals surface area contributed by atoms with Gasteiger partial charge in [0.2, 0.25) is 0 Å². The van der Waals surface area contributed by atoms with Crippen molar-refractivity contribution >= 4 is 21.5 Å². The van der Waals surface area contributed by atoms with Crippen molar-refractivity contribution in [3.05, 3.63) is 203 Å². The van der Waals surface area contributed by atoms with E-state index in [2.05, 4.69) is 211 Å². The van der Waals surface area contributed by atoms with Crippen LogP contribution in [0.1, 0.15) is 74.9 Å². The van der Waals surface area contributed by atoms with E-state index in [-0.39, 0.29) is 16.2 Å². The first-order valence-corrected chi connectivity index (χ1v) is 21.3. The topological polar surface area (TPSA) is 0 Å². The van der Waals surface area contributed by atoms with Gasteiger partial charge in [0.25, 0.3) is 0 Å². The van der Waals surface area contributed by atoms with E-state index in [4.69, 9.17) is 0 Å². The molecule has 59 heavy (non-hydrogen) atoms. The summed E-state index contributed by atoms with van der Waals surface area (Å²) < 4.78 is 0. The molecule has 0 saturated carbocycles. The fourth-order valence-electron chi connectivity index (χ4n) is 11.6. The van der Waals surface area contributed by atoms with Crippen molar-refractivity contribution in [2.75, 3.05) is 0 Å². The largest absolute Gasteiger partial charge is 0.0619 e. The third-order valence-corrected chi connectivity index (χ3v) is 14.7. The Morgan fingerprint density at radius 1 is 0.237 bits per heavy atom. The quantitative estimate of drug-likeness (QED) is 0.158. The molecular weight excluding hydrogens is 709 g/mol. The molecule has 12 rings (SSSR count). The molecule has 0 aromatic heterocycles. The Morgan fingerprint density at radius 2 is 0.610 bits per heavy atom. The van der Waals surface area contributed by atoms with Gasteiger partial charge in [0.15, 0.2) is 0 Å². The first-order valence-electron chi connectivity index (χ1n) is 21.3. The Hall–Kier alpha value is -6.50. The molecule has 0 heterocycles. The van der Waals surface area contributed by atoms with Crippen molar-refractivity contribution in [2.45, 2.75) is 57.8 Å². The van der Waals surface area contributed by atoms with E-state index < -0.39 is 0 Å². The molecule has 3 aliphatic rings. The first kappa shape index (κ1) is 34.5. The van der Waals surface area contributed by atoms with E-state index in [0.717, 1.165) is 0 Å². The molecule has 0 amide bonds.